The molecular weight excluding hydrogens is 304 g/mol. The van der Waals surface area contributed by atoms with Crippen molar-refractivity contribution in [3.8, 4) is 5.75 Å². The lowest BCUT2D eigenvalue weighted by molar-refractivity contribution is -0.0845. The van der Waals surface area contributed by atoms with Gasteiger partial charge in [-0.15, -0.1) is 0 Å². The van der Waals surface area contributed by atoms with E-state index < -0.39 is 0 Å². The first kappa shape index (κ1) is 15.7. The van der Waals surface area contributed by atoms with Crippen molar-refractivity contribution in [1.29, 1.82) is 0 Å². The smallest absolute Gasteiger partial charge is 0.137 e. The normalized spacial score (nSPS) is 27.1. The molecule has 0 unspecified atom stereocenters. The number of hydrogen-bond donors (Lipinski definition) is 0. The largest absolute Gasteiger partial charge is 0.489 e. The van der Waals surface area contributed by atoms with Crippen LogP contribution in [0.5, 0.6) is 5.75 Å². The zero-order chi connectivity index (χ0) is 16.4. The lowest BCUT2D eigenvalue weighted by Crippen LogP contribution is -2.43. The molecule has 4 rings (SSSR count). The van der Waals surface area contributed by atoms with Gasteiger partial charge in [-0.25, -0.2) is 0 Å². The van der Waals surface area contributed by atoms with Crippen molar-refractivity contribution < 1.29 is 13.9 Å². The maximum atomic E-state index is 6.29. The van der Waals surface area contributed by atoms with Crippen molar-refractivity contribution in [2.75, 3.05) is 13.2 Å². The molecule has 128 valence electrons. The number of aryl methyl sites for hydroxylation is 1. The molecule has 2 aromatic heterocycles. The SMILES string of the molecule is Cc1ccc(CN2CC[C@@H]3O[C@H](COc4cccnc4)CC[C@@H]32)o1. The molecule has 2 aliphatic rings. The average Bonchev–Trinajstić information content (AvgIpc) is 3.20. The number of hydrogen-bond acceptors (Lipinski definition) is 5. The Hall–Kier alpha value is -1.85. The van der Waals surface area contributed by atoms with E-state index in [4.69, 9.17) is 13.9 Å². The number of likely N-dealkylation sites (tertiary alicyclic amines) is 1. The summed E-state index contributed by atoms with van der Waals surface area (Å²) < 4.78 is 17.8. The number of fused-ring (bicyclic) bond motifs is 1. The minimum absolute atomic E-state index is 0.178. The van der Waals surface area contributed by atoms with Crippen LogP contribution in [0.25, 0.3) is 0 Å². The van der Waals surface area contributed by atoms with Crippen LogP contribution >= 0.6 is 0 Å². The van der Waals surface area contributed by atoms with Gasteiger partial charge in [0.25, 0.3) is 0 Å². The predicted molar refractivity (Wildman–Crippen MR) is 89.9 cm³/mol. The summed E-state index contributed by atoms with van der Waals surface area (Å²) in [6.45, 7) is 4.56. The standard InChI is InChI=1S/C19H24N2O3/c1-14-4-5-16(23-14)12-21-10-8-19-18(21)7-6-17(24-19)13-22-15-3-2-9-20-11-15/h2-5,9,11,17-19H,6-8,10,12-13H2,1H3/t17-,18-,19-/m0/s1. The van der Waals surface area contributed by atoms with Crippen LogP contribution in [0.2, 0.25) is 0 Å². The first-order valence-corrected chi connectivity index (χ1v) is 8.75. The van der Waals surface area contributed by atoms with Crippen molar-refractivity contribution in [1.82, 2.24) is 9.88 Å². The fourth-order valence-electron chi connectivity index (χ4n) is 3.80. The number of pyridine rings is 1. The molecule has 2 aliphatic heterocycles. The summed E-state index contributed by atoms with van der Waals surface area (Å²) in [6, 6.07) is 8.44. The average molecular weight is 328 g/mol. The van der Waals surface area contributed by atoms with Crippen LogP contribution < -0.4 is 4.74 Å². The Kier molecular flexibility index (Phi) is 4.54. The van der Waals surface area contributed by atoms with Crippen molar-refractivity contribution in [3.63, 3.8) is 0 Å². The highest BCUT2D eigenvalue weighted by Gasteiger charge is 2.40. The van der Waals surface area contributed by atoms with E-state index in [0.29, 0.717) is 18.8 Å². The molecule has 0 N–H and O–H groups in total. The maximum Gasteiger partial charge on any atom is 0.137 e. The highest BCUT2D eigenvalue weighted by molar-refractivity contribution is 5.15. The highest BCUT2D eigenvalue weighted by atomic mass is 16.5. The van der Waals surface area contributed by atoms with E-state index in [1.165, 1.54) is 0 Å². The molecule has 0 aromatic carbocycles. The van der Waals surface area contributed by atoms with Crippen LogP contribution in [-0.4, -0.2) is 41.3 Å². The van der Waals surface area contributed by atoms with Gasteiger partial charge in [-0.3, -0.25) is 9.88 Å². The first-order valence-electron chi connectivity index (χ1n) is 8.75. The van der Waals surface area contributed by atoms with Gasteiger partial charge in [0, 0.05) is 18.8 Å². The number of rotatable bonds is 5. The molecule has 0 radical (unpaired) electrons. The fourth-order valence-corrected chi connectivity index (χ4v) is 3.80. The zero-order valence-electron chi connectivity index (χ0n) is 14.1. The third-order valence-electron chi connectivity index (χ3n) is 4.98. The lowest BCUT2D eigenvalue weighted by atomic mass is 9.99. The zero-order valence-corrected chi connectivity index (χ0v) is 14.1. The highest BCUT2D eigenvalue weighted by Crippen LogP contribution is 2.32. The molecule has 2 saturated heterocycles. The second-order valence-electron chi connectivity index (χ2n) is 6.71. The quantitative estimate of drug-likeness (QED) is 0.843. The summed E-state index contributed by atoms with van der Waals surface area (Å²) in [6.07, 6.45) is 7.28. The Morgan fingerprint density at radius 1 is 1.25 bits per heavy atom. The molecule has 4 heterocycles. The molecule has 3 atom stereocenters. The number of nitrogens with zero attached hydrogens (tertiary/aromatic N) is 2. The molecular formula is C19H24N2O3. The maximum absolute atomic E-state index is 6.29. The van der Waals surface area contributed by atoms with Crippen molar-refractivity contribution in [3.05, 3.63) is 48.2 Å². The molecule has 0 spiro atoms. The lowest BCUT2D eigenvalue weighted by Gasteiger charge is -2.35. The minimum Gasteiger partial charge on any atom is -0.489 e. The Morgan fingerprint density at radius 3 is 3.00 bits per heavy atom. The van der Waals surface area contributed by atoms with Gasteiger partial charge in [-0.05, 0) is 50.5 Å². The Bertz CT molecular complexity index is 658. The molecule has 0 aliphatic carbocycles. The van der Waals surface area contributed by atoms with E-state index in [9.17, 15) is 0 Å². The Labute approximate surface area is 142 Å². The molecule has 2 fully saturated rings. The minimum atomic E-state index is 0.178. The molecule has 24 heavy (non-hydrogen) atoms. The van der Waals surface area contributed by atoms with Gasteiger partial charge in [0.05, 0.1) is 24.9 Å². The monoisotopic (exact) mass is 328 g/mol. The molecule has 2 aromatic rings. The Morgan fingerprint density at radius 2 is 2.21 bits per heavy atom. The fraction of sp³-hybridized carbons (Fsp3) is 0.526. The molecule has 5 nitrogen and oxygen atoms in total. The van der Waals surface area contributed by atoms with Gasteiger partial charge in [0.2, 0.25) is 0 Å². The van der Waals surface area contributed by atoms with Gasteiger partial charge in [0.1, 0.15) is 23.9 Å². The summed E-state index contributed by atoms with van der Waals surface area (Å²) in [5.41, 5.74) is 0. The summed E-state index contributed by atoms with van der Waals surface area (Å²) in [5.74, 6) is 2.84. The van der Waals surface area contributed by atoms with Crippen LogP contribution in [0.4, 0.5) is 0 Å². The summed E-state index contributed by atoms with van der Waals surface area (Å²) in [5, 5.41) is 0. The van der Waals surface area contributed by atoms with Gasteiger partial charge < -0.3 is 13.9 Å². The third-order valence-corrected chi connectivity index (χ3v) is 4.98. The van der Waals surface area contributed by atoms with Crippen LogP contribution in [-0.2, 0) is 11.3 Å². The second kappa shape index (κ2) is 6.95. The second-order valence-corrected chi connectivity index (χ2v) is 6.71. The molecule has 0 amide bonds. The van der Waals surface area contributed by atoms with E-state index in [0.717, 1.165) is 49.6 Å². The van der Waals surface area contributed by atoms with Gasteiger partial charge >= 0.3 is 0 Å². The summed E-state index contributed by atoms with van der Waals surface area (Å²) >= 11 is 0. The third kappa shape index (κ3) is 3.47. The molecule has 0 saturated carbocycles. The number of aromatic nitrogens is 1. The van der Waals surface area contributed by atoms with Crippen molar-refractivity contribution >= 4 is 0 Å². The topological polar surface area (TPSA) is 47.7 Å². The van der Waals surface area contributed by atoms with Crippen LogP contribution in [0.15, 0.2) is 41.1 Å². The van der Waals surface area contributed by atoms with Crippen molar-refractivity contribution in [2.45, 2.75) is 51.0 Å². The van der Waals surface area contributed by atoms with E-state index in [-0.39, 0.29) is 6.10 Å². The van der Waals surface area contributed by atoms with Gasteiger partial charge in [-0.2, -0.15) is 0 Å². The summed E-state index contributed by atoms with van der Waals surface area (Å²) in [4.78, 5) is 6.57. The van der Waals surface area contributed by atoms with E-state index >= 15 is 0 Å². The van der Waals surface area contributed by atoms with Gasteiger partial charge in [0.15, 0.2) is 0 Å². The number of furan rings is 1. The molecule has 0 bridgehead atoms. The van der Waals surface area contributed by atoms with Crippen LogP contribution in [0.1, 0.15) is 30.8 Å². The van der Waals surface area contributed by atoms with E-state index in [2.05, 4.69) is 16.0 Å². The predicted octanol–water partition coefficient (Wildman–Crippen LogP) is 3.18. The Balaban J connectivity index is 1.29. The van der Waals surface area contributed by atoms with E-state index in [1.807, 2.05) is 25.1 Å². The summed E-state index contributed by atoms with van der Waals surface area (Å²) in [7, 11) is 0. The first-order chi connectivity index (χ1) is 11.8. The van der Waals surface area contributed by atoms with E-state index in [1.54, 1.807) is 12.4 Å². The van der Waals surface area contributed by atoms with Crippen LogP contribution in [0, 0.1) is 6.92 Å². The van der Waals surface area contributed by atoms with Crippen molar-refractivity contribution in [2.24, 2.45) is 0 Å². The van der Waals surface area contributed by atoms with Gasteiger partial charge in [-0.1, -0.05) is 0 Å². The molecule has 5 heteroatoms. The van der Waals surface area contributed by atoms with Crippen LogP contribution in [0.3, 0.4) is 0 Å². The number of ether oxygens (including phenoxy) is 2.